The van der Waals surface area contributed by atoms with Crippen LogP contribution in [0, 0.1) is 11.8 Å². The lowest BCUT2D eigenvalue weighted by atomic mass is 9.89. The molecular formula is C18H28N2O. The summed E-state index contributed by atoms with van der Waals surface area (Å²) < 4.78 is 0. The number of hydrogen-bond donors (Lipinski definition) is 1. The summed E-state index contributed by atoms with van der Waals surface area (Å²) in [5.74, 6) is 1.82. The quantitative estimate of drug-likeness (QED) is 0.826. The van der Waals surface area contributed by atoms with Crippen molar-refractivity contribution in [2.24, 2.45) is 11.8 Å². The summed E-state index contributed by atoms with van der Waals surface area (Å²) in [5.41, 5.74) is 1.21. The van der Waals surface area contributed by atoms with Gasteiger partial charge >= 0.3 is 0 Å². The minimum absolute atomic E-state index is 0.205. The van der Waals surface area contributed by atoms with Crippen molar-refractivity contribution in [3.8, 4) is 0 Å². The van der Waals surface area contributed by atoms with Crippen LogP contribution in [0.2, 0.25) is 0 Å². The molecule has 0 spiro atoms. The van der Waals surface area contributed by atoms with Crippen LogP contribution in [-0.4, -0.2) is 17.4 Å². The van der Waals surface area contributed by atoms with Crippen LogP contribution in [0.4, 0.5) is 0 Å². The Balaban J connectivity index is 1.77. The fourth-order valence-corrected chi connectivity index (χ4v) is 3.28. The number of aromatic nitrogens is 1. The number of carbonyl (C=O) groups is 1. The van der Waals surface area contributed by atoms with E-state index < -0.39 is 0 Å². The highest BCUT2D eigenvalue weighted by Gasteiger charge is 2.19. The van der Waals surface area contributed by atoms with E-state index >= 15 is 0 Å². The maximum atomic E-state index is 12.0. The van der Waals surface area contributed by atoms with E-state index in [2.05, 4.69) is 30.2 Å². The van der Waals surface area contributed by atoms with Crippen LogP contribution >= 0.6 is 0 Å². The number of rotatable bonds is 7. The summed E-state index contributed by atoms with van der Waals surface area (Å²) in [7, 11) is 0. The van der Waals surface area contributed by atoms with Gasteiger partial charge in [0.25, 0.3) is 0 Å². The smallest absolute Gasteiger partial charge is 0.220 e. The van der Waals surface area contributed by atoms with Crippen molar-refractivity contribution in [1.29, 1.82) is 0 Å². The molecule has 116 valence electrons. The van der Waals surface area contributed by atoms with Gasteiger partial charge in [0.15, 0.2) is 0 Å². The summed E-state index contributed by atoms with van der Waals surface area (Å²) in [6.07, 6.45) is 10.8. The Morgan fingerprint density at radius 3 is 2.76 bits per heavy atom. The van der Waals surface area contributed by atoms with Crippen LogP contribution in [0.1, 0.15) is 63.9 Å². The van der Waals surface area contributed by atoms with E-state index in [9.17, 15) is 4.79 Å². The fourth-order valence-electron chi connectivity index (χ4n) is 3.28. The Morgan fingerprint density at radius 1 is 1.38 bits per heavy atom. The van der Waals surface area contributed by atoms with E-state index in [0.717, 1.165) is 12.3 Å². The first kappa shape index (κ1) is 16.0. The average Bonchev–Trinajstić information content (AvgIpc) is 2.99. The van der Waals surface area contributed by atoms with Gasteiger partial charge in [-0.15, -0.1) is 0 Å². The highest BCUT2D eigenvalue weighted by Crippen LogP contribution is 2.28. The van der Waals surface area contributed by atoms with Crippen LogP contribution in [0.25, 0.3) is 0 Å². The summed E-state index contributed by atoms with van der Waals surface area (Å²) in [4.78, 5) is 16.2. The summed E-state index contributed by atoms with van der Waals surface area (Å²) >= 11 is 0. The molecule has 1 saturated carbocycles. The Hall–Kier alpha value is -1.38. The molecule has 1 amide bonds. The van der Waals surface area contributed by atoms with Gasteiger partial charge < -0.3 is 5.32 Å². The predicted octanol–water partition coefficient (Wildman–Crippen LogP) is 3.91. The second kappa shape index (κ2) is 8.16. The normalized spacial score (nSPS) is 17.1. The zero-order chi connectivity index (χ0) is 15.1. The molecule has 3 heteroatoms. The minimum atomic E-state index is 0.205. The van der Waals surface area contributed by atoms with Gasteiger partial charge in [0.1, 0.15) is 0 Å². The highest BCUT2D eigenvalue weighted by atomic mass is 16.1. The third-order valence-electron chi connectivity index (χ3n) is 4.69. The number of pyridine rings is 1. The zero-order valence-corrected chi connectivity index (χ0v) is 13.3. The molecule has 1 aliphatic carbocycles. The molecule has 1 N–H and O–H groups in total. The monoisotopic (exact) mass is 288 g/mol. The van der Waals surface area contributed by atoms with Gasteiger partial charge in [-0.05, 0) is 29.9 Å². The van der Waals surface area contributed by atoms with Crippen molar-refractivity contribution in [2.75, 3.05) is 6.54 Å². The minimum Gasteiger partial charge on any atom is -0.355 e. The maximum absolute atomic E-state index is 12.0. The molecule has 0 aromatic carbocycles. The van der Waals surface area contributed by atoms with E-state index in [-0.39, 0.29) is 5.91 Å². The van der Waals surface area contributed by atoms with Crippen molar-refractivity contribution in [2.45, 2.75) is 58.3 Å². The molecule has 3 nitrogen and oxygen atoms in total. The van der Waals surface area contributed by atoms with E-state index in [4.69, 9.17) is 0 Å². The summed E-state index contributed by atoms with van der Waals surface area (Å²) in [6.45, 7) is 5.11. The first-order valence-electron chi connectivity index (χ1n) is 8.33. The fraction of sp³-hybridized carbons (Fsp3) is 0.667. The van der Waals surface area contributed by atoms with Crippen LogP contribution in [0.15, 0.2) is 24.5 Å². The second-order valence-corrected chi connectivity index (χ2v) is 6.63. The first-order chi connectivity index (χ1) is 10.2. The molecule has 0 unspecified atom stereocenters. The first-order valence-corrected chi connectivity index (χ1v) is 8.33. The van der Waals surface area contributed by atoms with E-state index in [1.54, 1.807) is 6.20 Å². The molecule has 0 bridgehead atoms. The van der Waals surface area contributed by atoms with Gasteiger partial charge in [-0.2, -0.15) is 0 Å². The average molecular weight is 288 g/mol. The Morgan fingerprint density at radius 2 is 2.14 bits per heavy atom. The third-order valence-corrected chi connectivity index (χ3v) is 4.69. The van der Waals surface area contributed by atoms with Crippen molar-refractivity contribution < 1.29 is 4.79 Å². The van der Waals surface area contributed by atoms with Gasteiger partial charge in [0.05, 0.1) is 0 Å². The summed E-state index contributed by atoms with van der Waals surface area (Å²) in [5, 5.41) is 3.12. The van der Waals surface area contributed by atoms with Gasteiger partial charge in [-0.25, -0.2) is 0 Å². The molecule has 0 aliphatic heterocycles. The van der Waals surface area contributed by atoms with E-state index in [1.807, 2.05) is 12.3 Å². The molecular weight excluding hydrogens is 260 g/mol. The summed E-state index contributed by atoms with van der Waals surface area (Å²) in [6, 6.07) is 4.06. The van der Waals surface area contributed by atoms with Crippen molar-refractivity contribution in [1.82, 2.24) is 10.3 Å². The molecule has 1 aromatic heterocycles. The van der Waals surface area contributed by atoms with Gasteiger partial charge in [0, 0.05) is 31.3 Å². The highest BCUT2D eigenvalue weighted by molar-refractivity contribution is 5.75. The number of nitrogens with one attached hydrogen (secondary N) is 1. The molecule has 21 heavy (non-hydrogen) atoms. The second-order valence-electron chi connectivity index (χ2n) is 6.63. The van der Waals surface area contributed by atoms with Crippen LogP contribution < -0.4 is 5.32 Å². The molecule has 1 fully saturated rings. The number of carbonyl (C=O) groups excluding carboxylic acids is 1. The standard InChI is InChI=1S/C18H28N2O/c1-14(2)17(16-8-5-11-19-12-16)13-20-18(21)10-9-15-6-3-4-7-15/h5,8,11-12,14-15,17H,3-4,6-7,9-10,13H2,1-2H3,(H,20,21)/t17-/m1/s1. The Labute approximate surface area is 128 Å². The Bertz CT molecular complexity index is 424. The largest absolute Gasteiger partial charge is 0.355 e. The predicted molar refractivity (Wildman–Crippen MR) is 86.0 cm³/mol. The number of amides is 1. The molecule has 2 rings (SSSR count). The van der Waals surface area contributed by atoms with Gasteiger partial charge in [-0.3, -0.25) is 9.78 Å². The maximum Gasteiger partial charge on any atom is 0.220 e. The molecule has 1 aliphatic rings. The van der Waals surface area contributed by atoms with Crippen molar-refractivity contribution >= 4 is 5.91 Å². The SMILES string of the molecule is CC(C)[C@@H](CNC(=O)CCC1CCCC1)c1cccnc1. The van der Waals surface area contributed by atoms with E-state index in [1.165, 1.54) is 31.2 Å². The van der Waals surface area contributed by atoms with Gasteiger partial charge in [-0.1, -0.05) is 45.6 Å². The van der Waals surface area contributed by atoms with Gasteiger partial charge in [0.2, 0.25) is 5.91 Å². The number of nitrogens with zero attached hydrogens (tertiary/aromatic N) is 1. The lowest BCUT2D eigenvalue weighted by Crippen LogP contribution is -2.30. The van der Waals surface area contributed by atoms with E-state index in [0.29, 0.717) is 24.8 Å². The van der Waals surface area contributed by atoms with Crippen LogP contribution in [0.3, 0.4) is 0 Å². The van der Waals surface area contributed by atoms with Crippen molar-refractivity contribution in [3.05, 3.63) is 30.1 Å². The lowest BCUT2D eigenvalue weighted by Gasteiger charge is -2.21. The molecule has 1 heterocycles. The zero-order valence-electron chi connectivity index (χ0n) is 13.3. The molecule has 1 atom stereocenters. The number of hydrogen-bond acceptors (Lipinski definition) is 2. The Kier molecular flexibility index (Phi) is 6.21. The molecule has 0 radical (unpaired) electrons. The van der Waals surface area contributed by atoms with Crippen LogP contribution in [0.5, 0.6) is 0 Å². The van der Waals surface area contributed by atoms with Crippen molar-refractivity contribution in [3.63, 3.8) is 0 Å². The third kappa shape index (κ3) is 5.14. The van der Waals surface area contributed by atoms with Crippen LogP contribution in [-0.2, 0) is 4.79 Å². The molecule has 1 aromatic rings. The topological polar surface area (TPSA) is 42.0 Å². The molecule has 0 saturated heterocycles. The lowest BCUT2D eigenvalue weighted by molar-refractivity contribution is -0.121.